The third kappa shape index (κ3) is 6.85. The van der Waals surface area contributed by atoms with Gasteiger partial charge in [0.25, 0.3) is 0 Å². The van der Waals surface area contributed by atoms with Crippen molar-refractivity contribution in [1.29, 1.82) is 0 Å². The molecule has 0 unspecified atom stereocenters. The number of ether oxygens (including phenoxy) is 1. The normalized spacial score (nSPS) is 26.7. The second-order valence-corrected chi connectivity index (χ2v) is 8.68. The van der Waals surface area contributed by atoms with Gasteiger partial charge in [-0.25, -0.2) is 0 Å². The smallest absolute Gasteiger partial charge is 0.306 e. The van der Waals surface area contributed by atoms with Crippen molar-refractivity contribution in [3.63, 3.8) is 0 Å². The Balaban J connectivity index is 1.44. The average molecular weight is 323 g/mol. The molecule has 2 nitrogen and oxygen atoms in total. The molecule has 0 radical (unpaired) electrons. The van der Waals surface area contributed by atoms with Gasteiger partial charge in [0.15, 0.2) is 0 Å². The van der Waals surface area contributed by atoms with E-state index < -0.39 is 0 Å². The highest BCUT2D eigenvalue weighted by molar-refractivity contribution is 5.70. The van der Waals surface area contributed by atoms with Crippen LogP contribution in [0.4, 0.5) is 0 Å². The highest BCUT2D eigenvalue weighted by Gasteiger charge is 2.41. The van der Waals surface area contributed by atoms with E-state index in [1.807, 2.05) is 0 Å². The zero-order valence-corrected chi connectivity index (χ0v) is 15.6. The summed E-state index contributed by atoms with van der Waals surface area (Å²) in [6.45, 7) is 5.24. The lowest BCUT2D eigenvalue weighted by molar-refractivity contribution is -0.148. The SMILES string of the molecule is CC(C)CCCCCCCCOC(=O)CC12CCC(CC1)CC2. The van der Waals surface area contributed by atoms with Crippen LogP contribution in [-0.4, -0.2) is 12.6 Å². The first-order valence-electron chi connectivity index (χ1n) is 10.3. The minimum absolute atomic E-state index is 0.0716. The molecule has 0 saturated heterocycles. The van der Waals surface area contributed by atoms with Crippen LogP contribution in [-0.2, 0) is 9.53 Å². The Hall–Kier alpha value is -0.530. The van der Waals surface area contributed by atoms with Crippen molar-refractivity contribution >= 4 is 5.97 Å². The van der Waals surface area contributed by atoms with E-state index in [9.17, 15) is 4.79 Å². The van der Waals surface area contributed by atoms with Gasteiger partial charge in [0.05, 0.1) is 13.0 Å². The number of rotatable bonds is 11. The molecule has 3 saturated carbocycles. The van der Waals surface area contributed by atoms with Crippen LogP contribution in [0.2, 0.25) is 0 Å². The third-order valence-corrected chi connectivity index (χ3v) is 6.21. The Morgan fingerprint density at radius 1 is 0.957 bits per heavy atom. The number of hydrogen-bond acceptors (Lipinski definition) is 2. The van der Waals surface area contributed by atoms with Gasteiger partial charge >= 0.3 is 5.97 Å². The van der Waals surface area contributed by atoms with E-state index in [0.29, 0.717) is 18.4 Å². The van der Waals surface area contributed by atoms with E-state index in [4.69, 9.17) is 4.74 Å². The predicted molar refractivity (Wildman–Crippen MR) is 96.4 cm³/mol. The Bertz CT molecular complexity index is 326. The Labute approximate surface area is 143 Å². The summed E-state index contributed by atoms with van der Waals surface area (Å²) in [5, 5.41) is 0. The topological polar surface area (TPSA) is 26.3 Å². The molecule has 0 heterocycles. The van der Waals surface area contributed by atoms with Crippen molar-refractivity contribution in [3.8, 4) is 0 Å². The summed E-state index contributed by atoms with van der Waals surface area (Å²) in [7, 11) is 0. The zero-order chi connectivity index (χ0) is 16.5. The molecule has 23 heavy (non-hydrogen) atoms. The third-order valence-electron chi connectivity index (χ3n) is 6.21. The van der Waals surface area contributed by atoms with Crippen LogP contribution in [0.3, 0.4) is 0 Å². The molecular formula is C21H38O2. The summed E-state index contributed by atoms with van der Waals surface area (Å²) in [5.74, 6) is 1.88. The Morgan fingerprint density at radius 3 is 2.13 bits per heavy atom. The predicted octanol–water partition coefficient (Wildman–Crippen LogP) is 6.28. The van der Waals surface area contributed by atoms with Gasteiger partial charge in [-0.2, -0.15) is 0 Å². The molecular weight excluding hydrogens is 284 g/mol. The number of carbonyl (C=O) groups excluding carboxylic acids is 1. The molecule has 0 aromatic heterocycles. The number of esters is 1. The zero-order valence-electron chi connectivity index (χ0n) is 15.6. The fourth-order valence-electron chi connectivity index (χ4n) is 4.51. The maximum atomic E-state index is 12.1. The Kier molecular flexibility index (Phi) is 7.92. The number of unbranched alkanes of at least 4 members (excludes halogenated alkanes) is 5. The molecule has 2 heteroatoms. The van der Waals surface area contributed by atoms with Crippen LogP contribution >= 0.6 is 0 Å². The fraction of sp³-hybridized carbons (Fsp3) is 0.952. The van der Waals surface area contributed by atoms with E-state index in [2.05, 4.69) is 13.8 Å². The summed E-state index contributed by atoms with van der Waals surface area (Å²) >= 11 is 0. The van der Waals surface area contributed by atoms with Gasteiger partial charge in [-0.1, -0.05) is 52.4 Å². The lowest BCUT2D eigenvalue weighted by Gasteiger charge is -2.46. The molecule has 0 aromatic rings. The quantitative estimate of drug-likeness (QED) is 0.330. The molecule has 3 rings (SSSR count). The van der Waals surface area contributed by atoms with Gasteiger partial charge in [0, 0.05) is 0 Å². The first-order chi connectivity index (χ1) is 11.1. The van der Waals surface area contributed by atoms with Crippen LogP contribution in [0, 0.1) is 17.3 Å². The van der Waals surface area contributed by atoms with E-state index in [1.165, 1.54) is 77.0 Å². The lowest BCUT2D eigenvalue weighted by atomic mass is 9.59. The molecule has 2 bridgehead atoms. The lowest BCUT2D eigenvalue weighted by Crippen LogP contribution is -2.36. The molecule has 0 amide bonds. The van der Waals surface area contributed by atoms with Gasteiger partial charge in [-0.3, -0.25) is 4.79 Å². The molecule has 0 N–H and O–H groups in total. The van der Waals surface area contributed by atoms with E-state index in [1.54, 1.807) is 0 Å². The van der Waals surface area contributed by atoms with Crippen LogP contribution in [0.15, 0.2) is 0 Å². The molecule has 3 fully saturated rings. The van der Waals surface area contributed by atoms with E-state index in [0.717, 1.165) is 18.3 Å². The second-order valence-electron chi connectivity index (χ2n) is 8.68. The molecule has 3 aliphatic rings. The van der Waals surface area contributed by atoms with Crippen molar-refractivity contribution in [2.24, 2.45) is 17.3 Å². The largest absolute Gasteiger partial charge is 0.466 e. The Morgan fingerprint density at radius 2 is 1.52 bits per heavy atom. The fourth-order valence-corrected chi connectivity index (χ4v) is 4.51. The molecule has 0 aliphatic heterocycles. The summed E-state index contributed by atoms with van der Waals surface area (Å²) < 4.78 is 5.51. The van der Waals surface area contributed by atoms with Crippen molar-refractivity contribution in [1.82, 2.24) is 0 Å². The highest BCUT2D eigenvalue weighted by Crippen LogP contribution is 2.52. The monoisotopic (exact) mass is 322 g/mol. The number of carbonyl (C=O) groups is 1. The first kappa shape index (κ1) is 18.8. The van der Waals surface area contributed by atoms with Crippen molar-refractivity contribution in [2.75, 3.05) is 6.61 Å². The van der Waals surface area contributed by atoms with Gasteiger partial charge in [-0.15, -0.1) is 0 Å². The van der Waals surface area contributed by atoms with Crippen LogP contribution in [0.5, 0.6) is 0 Å². The second kappa shape index (κ2) is 9.69. The van der Waals surface area contributed by atoms with Gasteiger partial charge < -0.3 is 4.74 Å². The summed E-state index contributed by atoms with van der Waals surface area (Å²) in [6, 6.07) is 0. The number of fused-ring (bicyclic) bond motifs is 3. The minimum Gasteiger partial charge on any atom is -0.466 e. The van der Waals surface area contributed by atoms with Crippen LogP contribution in [0.1, 0.15) is 104 Å². The van der Waals surface area contributed by atoms with Crippen LogP contribution < -0.4 is 0 Å². The standard InChI is InChI=1S/C21H38O2/c1-18(2)9-7-5-3-4-6-8-16-23-20(22)17-21-13-10-19(11-14-21)12-15-21/h18-19H,3-17H2,1-2H3. The van der Waals surface area contributed by atoms with Gasteiger partial charge in [-0.05, 0) is 62.2 Å². The average Bonchev–Trinajstić information content (AvgIpc) is 2.54. The van der Waals surface area contributed by atoms with E-state index in [-0.39, 0.29) is 5.97 Å². The van der Waals surface area contributed by atoms with Crippen LogP contribution in [0.25, 0.3) is 0 Å². The molecule has 134 valence electrons. The molecule has 0 aromatic carbocycles. The molecule has 0 spiro atoms. The van der Waals surface area contributed by atoms with Gasteiger partial charge in [0.1, 0.15) is 0 Å². The van der Waals surface area contributed by atoms with Crippen molar-refractivity contribution < 1.29 is 9.53 Å². The highest BCUT2D eigenvalue weighted by atomic mass is 16.5. The summed E-state index contributed by atoms with van der Waals surface area (Å²) in [6.07, 6.45) is 17.5. The minimum atomic E-state index is 0.0716. The van der Waals surface area contributed by atoms with Crippen molar-refractivity contribution in [2.45, 2.75) is 104 Å². The summed E-state index contributed by atoms with van der Waals surface area (Å²) in [5.41, 5.74) is 0.322. The maximum absolute atomic E-state index is 12.1. The van der Waals surface area contributed by atoms with E-state index >= 15 is 0 Å². The molecule has 0 atom stereocenters. The number of hydrogen-bond donors (Lipinski definition) is 0. The maximum Gasteiger partial charge on any atom is 0.306 e. The first-order valence-corrected chi connectivity index (χ1v) is 10.3. The van der Waals surface area contributed by atoms with Crippen molar-refractivity contribution in [3.05, 3.63) is 0 Å². The van der Waals surface area contributed by atoms with Gasteiger partial charge in [0.2, 0.25) is 0 Å². The summed E-state index contributed by atoms with van der Waals surface area (Å²) in [4.78, 5) is 12.1. The molecule has 3 aliphatic carbocycles.